The minimum Gasteiger partial charge on any atom is -0.349 e. The largest absolute Gasteiger partial charge is 0.349 e. The van der Waals surface area contributed by atoms with E-state index in [1.54, 1.807) is 7.11 Å². The molecule has 31 heavy (non-hydrogen) atoms. The lowest BCUT2D eigenvalue weighted by Crippen LogP contribution is -2.60. The van der Waals surface area contributed by atoms with Crippen molar-refractivity contribution in [2.24, 2.45) is 0 Å². The predicted molar refractivity (Wildman–Crippen MR) is 128 cm³/mol. The van der Waals surface area contributed by atoms with E-state index < -0.39 is 5.79 Å². The Balaban J connectivity index is 2.12. The van der Waals surface area contributed by atoms with Gasteiger partial charge in [-0.2, -0.15) is 0 Å². The molecule has 1 aliphatic carbocycles. The van der Waals surface area contributed by atoms with E-state index in [0.717, 1.165) is 0 Å². The number of hydrogen-bond acceptors (Lipinski definition) is 2. The summed E-state index contributed by atoms with van der Waals surface area (Å²) in [6, 6.07) is 0. The van der Waals surface area contributed by atoms with Gasteiger partial charge in [0, 0.05) is 12.5 Å². The van der Waals surface area contributed by atoms with Gasteiger partial charge in [0.15, 0.2) is 5.79 Å². The van der Waals surface area contributed by atoms with E-state index in [2.05, 4.69) is 81.4 Å². The summed E-state index contributed by atoms with van der Waals surface area (Å²) in [5.41, 5.74) is 16.4. The van der Waals surface area contributed by atoms with E-state index in [4.69, 9.17) is 9.47 Å². The van der Waals surface area contributed by atoms with E-state index in [1.807, 2.05) is 0 Å². The van der Waals surface area contributed by atoms with Gasteiger partial charge in [0.05, 0.1) is 11.5 Å². The van der Waals surface area contributed by atoms with Crippen molar-refractivity contribution in [1.29, 1.82) is 0 Å². The number of methoxy groups -OCH3 is 1. The molecule has 2 nitrogen and oxygen atoms in total. The van der Waals surface area contributed by atoms with Crippen LogP contribution in [0, 0.1) is 55.4 Å². The molecule has 0 amide bonds. The first-order chi connectivity index (χ1) is 14.4. The second-order valence-corrected chi connectivity index (χ2v) is 10.6. The topological polar surface area (TPSA) is 18.5 Å². The minimum absolute atomic E-state index is 0.00845. The average molecular weight is 417 g/mol. The van der Waals surface area contributed by atoms with E-state index in [-0.39, 0.29) is 16.9 Å². The van der Waals surface area contributed by atoms with Crippen molar-refractivity contribution in [3.8, 4) is 11.1 Å². The molecule has 1 saturated heterocycles. The Morgan fingerprint density at radius 1 is 0.677 bits per heavy atom. The molecule has 2 unspecified atom stereocenters. The molecule has 5 rings (SSSR count). The van der Waals surface area contributed by atoms with Crippen molar-refractivity contribution in [1.82, 2.24) is 0 Å². The van der Waals surface area contributed by atoms with Crippen LogP contribution in [0.2, 0.25) is 0 Å². The molecule has 2 heteroatoms. The number of benzene rings is 2. The predicted octanol–water partition coefficient (Wildman–Crippen LogP) is 6.66. The second-order valence-electron chi connectivity index (χ2n) is 10.6. The minimum atomic E-state index is -0.753. The first kappa shape index (κ1) is 21.0. The first-order valence-corrected chi connectivity index (χ1v) is 11.5. The van der Waals surface area contributed by atoms with Crippen molar-refractivity contribution in [3.05, 3.63) is 67.8 Å². The molecule has 0 aromatic heterocycles. The lowest BCUT2D eigenvalue weighted by molar-refractivity contribution is -0.185. The standard InChI is InChI=1S/C29H36O2/c1-14-16(3)20(7)25-23(18(14)5)24-19(6)15(2)17(4)21(8)26(24)28(10)27(25,9)22-12-13-29(28,30-11)31-22/h12-13,22H,1-11H3/t22?,27-,28+,29?/m0/s1. The SMILES string of the molecule is COC12C=CC(O1)[C@@]1(C)c3c(C)c(C)c(C)c(C)c3-c3c(C)c(C)c(C)c(C)c3[C@@]21C. The van der Waals surface area contributed by atoms with Crippen molar-refractivity contribution >= 4 is 0 Å². The van der Waals surface area contributed by atoms with E-state index >= 15 is 0 Å². The van der Waals surface area contributed by atoms with E-state index in [9.17, 15) is 0 Å². The number of ether oxygens (including phenoxy) is 2. The smallest absolute Gasteiger partial charge is 0.198 e. The Morgan fingerprint density at radius 3 is 1.65 bits per heavy atom. The Labute approximate surface area is 187 Å². The lowest BCUT2D eigenvalue weighted by Gasteiger charge is -2.55. The van der Waals surface area contributed by atoms with Crippen LogP contribution in [0.5, 0.6) is 0 Å². The fraction of sp³-hybridized carbons (Fsp3) is 0.517. The zero-order valence-electron chi connectivity index (χ0n) is 21.0. The Morgan fingerprint density at radius 2 is 1.13 bits per heavy atom. The van der Waals surface area contributed by atoms with Gasteiger partial charge in [-0.1, -0.05) is 13.0 Å². The van der Waals surface area contributed by atoms with E-state index in [0.29, 0.717) is 0 Å². The van der Waals surface area contributed by atoms with Gasteiger partial charge in [-0.05, 0) is 135 Å². The second kappa shape index (κ2) is 5.91. The molecule has 1 fully saturated rings. The molecule has 2 aliphatic heterocycles. The molecule has 4 atom stereocenters. The number of hydrogen-bond donors (Lipinski definition) is 0. The van der Waals surface area contributed by atoms with Crippen LogP contribution in [0.3, 0.4) is 0 Å². The molecule has 2 heterocycles. The van der Waals surface area contributed by atoms with Crippen LogP contribution in [0.4, 0.5) is 0 Å². The molecule has 0 spiro atoms. The summed E-state index contributed by atoms with van der Waals surface area (Å²) in [7, 11) is 1.81. The van der Waals surface area contributed by atoms with Crippen molar-refractivity contribution in [2.75, 3.05) is 7.11 Å². The average Bonchev–Trinajstić information content (AvgIpc) is 3.27. The van der Waals surface area contributed by atoms with Gasteiger partial charge in [0.25, 0.3) is 0 Å². The fourth-order valence-corrected chi connectivity index (χ4v) is 7.39. The zero-order valence-corrected chi connectivity index (χ0v) is 21.0. The third-order valence-electron chi connectivity index (χ3n) is 10.0. The lowest BCUT2D eigenvalue weighted by atomic mass is 9.46. The van der Waals surface area contributed by atoms with Gasteiger partial charge >= 0.3 is 0 Å². The van der Waals surface area contributed by atoms with Crippen molar-refractivity contribution in [2.45, 2.75) is 92.0 Å². The summed E-state index contributed by atoms with van der Waals surface area (Å²) in [4.78, 5) is 0. The van der Waals surface area contributed by atoms with Crippen LogP contribution in [0.25, 0.3) is 11.1 Å². The highest BCUT2D eigenvalue weighted by Crippen LogP contribution is 2.70. The molecule has 2 aromatic rings. The molecule has 2 aromatic carbocycles. The van der Waals surface area contributed by atoms with Gasteiger partial charge in [-0.15, -0.1) is 0 Å². The van der Waals surface area contributed by atoms with Crippen LogP contribution >= 0.6 is 0 Å². The highest BCUT2D eigenvalue weighted by molar-refractivity contribution is 5.88. The summed E-state index contributed by atoms with van der Waals surface area (Å²) in [5, 5.41) is 0. The summed E-state index contributed by atoms with van der Waals surface area (Å²) in [5.74, 6) is -0.753. The van der Waals surface area contributed by atoms with Gasteiger partial charge in [0.1, 0.15) is 0 Å². The molecular formula is C29H36O2. The molecular weight excluding hydrogens is 380 g/mol. The number of rotatable bonds is 1. The molecule has 0 N–H and O–H groups in total. The van der Waals surface area contributed by atoms with Gasteiger partial charge in [0.2, 0.25) is 0 Å². The van der Waals surface area contributed by atoms with Crippen molar-refractivity contribution in [3.63, 3.8) is 0 Å². The maximum atomic E-state index is 6.77. The van der Waals surface area contributed by atoms with Crippen LogP contribution in [-0.2, 0) is 20.3 Å². The highest BCUT2D eigenvalue weighted by atomic mass is 16.7. The summed E-state index contributed by atoms with van der Waals surface area (Å²) in [6.07, 6.45) is 4.42. The Hall–Kier alpha value is -1.90. The molecule has 164 valence electrons. The summed E-state index contributed by atoms with van der Waals surface area (Å²) >= 11 is 0. The van der Waals surface area contributed by atoms with Gasteiger partial charge < -0.3 is 9.47 Å². The van der Waals surface area contributed by atoms with Crippen molar-refractivity contribution < 1.29 is 9.47 Å². The Kier molecular flexibility index (Phi) is 4.00. The normalized spacial score (nSPS) is 32.3. The summed E-state index contributed by atoms with van der Waals surface area (Å²) < 4.78 is 13.1. The molecule has 3 aliphatic rings. The first-order valence-electron chi connectivity index (χ1n) is 11.5. The van der Waals surface area contributed by atoms with Crippen LogP contribution in [0.1, 0.15) is 69.5 Å². The van der Waals surface area contributed by atoms with Crippen LogP contribution < -0.4 is 0 Å². The monoisotopic (exact) mass is 416 g/mol. The third kappa shape index (κ3) is 1.91. The summed E-state index contributed by atoms with van der Waals surface area (Å²) in [6.45, 7) is 23.2. The molecule has 2 bridgehead atoms. The van der Waals surface area contributed by atoms with E-state index in [1.165, 1.54) is 66.8 Å². The maximum Gasteiger partial charge on any atom is 0.198 e. The number of fused-ring (bicyclic) bond motifs is 10. The molecule has 0 radical (unpaired) electrons. The maximum absolute atomic E-state index is 6.77. The zero-order chi connectivity index (χ0) is 22.8. The third-order valence-corrected chi connectivity index (χ3v) is 10.0. The Bertz CT molecular complexity index is 1220. The quantitative estimate of drug-likeness (QED) is 0.484. The van der Waals surface area contributed by atoms with Crippen LogP contribution in [0.15, 0.2) is 12.2 Å². The van der Waals surface area contributed by atoms with Crippen LogP contribution in [-0.4, -0.2) is 19.0 Å². The fourth-order valence-electron chi connectivity index (χ4n) is 7.39. The molecule has 0 saturated carbocycles. The van der Waals surface area contributed by atoms with Gasteiger partial charge in [-0.25, -0.2) is 0 Å². The van der Waals surface area contributed by atoms with Gasteiger partial charge in [-0.3, -0.25) is 0 Å². The highest BCUT2D eigenvalue weighted by Gasteiger charge is 2.75.